The van der Waals surface area contributed by atoms with Gasteiger partial charge in [0.2, 0.25) is 5.95 Å². The SMILES string of the molecule is CC(C)S(=O)(=O)Cc1ccnc(Nc2sc(-c3c(F)cc(C4(O)COC4)cc3F)cc2C(N)=O)n1. The molecule has 35 heavy (non-hydrogen) atoms. The molecule has 1 saturated heterocycles. The zero-order chi connectivity index (χ0) is 25.5. The number of nitrogens with one attached hydrogen (secondary N) is 1. The molecular weight excluding hydrogens is 502 g/mol. The molecule has 0 atom stereocenters. The quantitative estimate of drug-likeness (QED) is 0.408. The van der Waals surface area contributed by atoms with Gasteiger partial charge in [0.15, 0.2) is 9.84 Å². The molecule has 0 unspecified atom stereocenters. The van der Waals surface area contributed by atoms with Crippen LogP contribution >= 0.6 is 11.3 Å². The van der Waals surface area contributed by atoms with Gasteiger partial charge in [0, 0.05) is 11.1 Å². The number of carbonyl (C=O) groups excluding carboxylic acids is 1. The van der Waals surface area contributed by atoms with Crippen LogP contribution in [0.2, 0.25) is 0 Å². The van der Waals surface area contributed by atoms with Crippen molar-refractivity contribution in [2.75, 3.05) is 18.5 Å². The lowest BCUT2D eigenvalue weighted by atomic mass is 9.91. The average Bonchev–Trinajstić information content (AvgIpc) is 3.14. The van der Waals surface area contributed by atoms with E-state index in [2.05, 4.69) is 15.3 Å². The summed E-state index contributed by atoms with van der Waals surface area (Å²) in [6.07, 6.45) is 1.35. The second-order valence-electron chi connectivity index (χ2n) is 8.41. The van der Waals surface area contributed by atoms with Gasteiger partial charge in [-0.1, -0.05) is 0 Å². The number of amides is 1. The summed E-state index contributed by atoms with van der Waals surface area (Å²) < 4.78 is 59.2. The number of nitrogens with zero attached hydrogens (tertiary/aromatic N) is 2. The highest BCUT2D eigenvalue weighted by molar-refractivity contribution is 7.91. The molecule has 0 saturated carbocycles. The van der Waals surface area contributed by atoms with Crippen molar-refractivity contribution in [2.45, 2.75) is 30.5 Å². The van der Waals surface area contributed by atoms with Crippen molar-refractivity contribution in [1.82, 2.24) is 9.97 Å². The second kappa shape index (κ2) is 9.22. The zero-order valence-corrected chi connectivity index (χ0v) is 20.3. The molecule has 3 aromatic rings. The number of nitrogens with two attached hydrogens (primary N) is 1. The molecule has 0 spiro atoms. The zero-order valence-electron chi connectivity index (χ0n) is 18.7. The maximum atomic E-state index is 14.9. The lowest BCUT2D eigenvalue weighted by Crippen LogP contribution is -2.46. The van der Waals surface area contributed by atoms with E-state index in [1.807, 2.05) is 0 Å². The number of hydrogen-bond donors (Lipinski definition) is 3. The average molecular weight is 525 g/mol. The van der Waals surface area contributed by atoms with E-state index in [4.69, 9.17) is 10.5 Å². The summed E-state index contributed by atoms with van der Waals surface area (Å²) in [6.45, 7) is 2.99. The van der Waals surface area contributed by atoms with E-state index < -0.39 is 43.8 Å². The summed E-state index contributed by atoms with van der Waals surface area (Å²) in [4.78, 5) is 20.3. The van der Waals surface area contributed by atoms with Crippen LogP contribution in [0, 0.1) is 11.6 Å². The largest absolute Gasteiger partial charge is 0.380 e. The van der Waals surface area contributed by atoms with Crippen LogP contribution in [0.5, 0.6) is 0 Å². The standard InChI is InChI=1S/C22H22F2N4O5S2/c1-11(2)35(31,32)8-13-3-4-26-21(27-13)28-20-14(19(25)29)7-17(34-20)18-15(23)5-12(6-16(18)24)22(30)9-33-10-22/h3-7,11,30H,8-10H2,1-2H3,(H2,25,29)(H,26,27,28). The van der Waals surface area contributed by atoms with E-state index in [0.29, 0.717) is 0 Å². The predicted molar refractivity (Wildman–Crippen MR) is 126 cm³/mol. The Morgan fingerprint density at radius 3 is 2.49 bits per heavy atom. The first-order chi connectivity index (χ1) is 16.4. The molecule has 1 fully saturated rings. The third kappa shape index (κ3) is 5.03. The summed E-state index contributed by atoms with van der Waals surface area (Å²) >= 11 is 0.844. The fraction of sp³-hybridized carbons (Fsp3) is 0.318. The number of anilines is 2. The van der Waals surface area contributed by atoms with E-state index in [0.717, 1.165) is 23.5 Å². The minimum atomic E-state index is -3.41. The number of hydrogen-bond acceptors (Lipinski definition) is 9. The third-order valence-electron chi connectivity index (χ3n) is 5.51. The minimum Gasteiger partial charge on any atom is -0.380 e. The summed E-state index contributed by atoms with van der Waals surface area (Å²) in [7, 11) is -3.41. The van der Waals surface area contributed by atoms with Crippen LogP contribution < -0.4 is 11.1 Å². The number of sulfone groups is 1. The van der Waals surface area contributed by atoms with Gasteiger partial charge in [-0.3, -0.25) is 4.79 Å². The van der Waals surface area contributed by atoms with Gasteiger partial charge in [-0.05, 0) is 43.7 Å². The maximum absolute atomic E-state index is 14.9. The third-order valence-corrected chi connectivity index (χ3v) is 8.71. The number of aromatic nitrogens is 2. The van der Waals surface area contributed by atoms with Crippen molar-refractivity contribution in [1.29, 1.82) is 0 Å². The van der Waals surface area contributed by atoms with Gasteiger partial charge in [0.25, 0.3) is 5.91 Å². The number of primary amides is 1. The number of carbonyl (C=O) groups is 1. The van der Waals surface area contributed by atoms with Gasteiger partial charge < -0.3 is 20.9 Å². The highest BCUT2D eigenvalue weighted by Gasteiger charge is 2.39. The van der Waals surface area contributed by atoms with E-state index in [1.165, 1.54) is 18.3 Å². The summed E-state index contributed by atoms with van der Waals surface area (Å²) in [5, 5.41) is 12.6. The number of aliphatic hydroxyl groups is 1. The van der Waals surface area contributed by atoms with Crippen molar-refractivity contribution in [3.63, 3.8) is 0 Å². The fourth-order valence-electron chi connectivity index (χ4n) is 3.34. The van der Waals surface area contributed by atoms with Crippen molar-refractivity contribution in [2.24, 2.45) is 5.73 Å². The Morgan fingerprint density at radius 1 is 1.29 bits per heavy atom. The lowest BCUT2D eigenvalue weighted by Gasteiger charge is -2.36. The summed E-state index contributed by atoms with van der Waals surface area (Å²) in [6, 6.07) is 4.75. The van der Waals surface area contributed by atoms with Gasteiger partial charge in [-0.25, -0.2) is 27.2 Å². The van der Waals surface area contributed by atoms with Gasteiger partial charge in [-0.2, -0.15) is 0 Å². The van der Waals surface area contributed by atoms with Crippen LogP contribution in [0.25, 0.3) is 10.4 Å². The Hall–Kier alpha value is -3.00. The number of thiophene rings is 1. The molecule has 4 rings (SSSR count). The molecule has 0 bridgehead atoms. The summed E-state index contributed by atoms with van der Waals surface area (Å²) in [5.74, 6) is -3.03. The molecule has 1 aromatic carbocycles. The molecule has 3 heterocycles. The molecule has 1 amide bonds. The highest BCUT2D eigenvalue weighted by atomic mass is 32.2. The Bertz CT molecular complexity index is 1380. The van der Waals surface area contributed by atoms with Crippen LogP contribution in [0.1, 0.15) is 35.5 Å². The first-order valence-electron chi connectivity index (χ1n) is 10.4. The van der Waals surface area contributed by atoms with E-state index in [9.17, 15) is 27.1 Å². The normalized spacial score (nSPS) is 15.1. The maximum Gasteiger partial charge on any atom is 0.251 e. The van der Waals surface area contributed by atoms with Gasteiger partial charge in [0.05, 0.1) is 41.0 Å². The molecule has 4 N–H and O–H groups in total. The van der Waals surface area contributed by atoms with Crippen molar-refractivity contribution < 1.29 is 31.8 Å². The van der Waals surface area contributed by atoms with E-state index in [1.54, 1.807) is 13.8 Å². The second-order valence-corrected chi connectivity index (χ2v) is 12.0. The van der Waals surface area contributed by atoms with Crippen LogP contribution in [-0.2, 0) is 25.9 Å². The van der Waals surface area contributed by atoms with Crippen molar-refractivity contribution in [3.05, 3.63) is 58.9 Å². The monoisotopic (exact) mass is 524 g/mol. The molecule has 186 valence electrons. The minimum absolute atomic E-state index is 0.0131. The lowest BCUT2D eigenvalue weighted by molar-refractivity contribution is -0.184. The summed E-state index contributed by atoms with van der Waals surface area (Å²) in [5.41, 5.74) is 3.85. The van der Waals surface area contributed by atoms with Crippen LogP contribution in [-0.4, -0.2) is 47.9 Å². The molecule has 1 aliphatic heterocycles. The molecule has 2 aromatic heterocycles. The molecular formula is C22H22F2N4O5S2. The Labute approximate surface area is 203 Å². The number of rotatable bonds is 8. The van der Waals surface area contributed by atoms with Crippen LogP contribution in [0.15, 0.2) is 30.5 Å². The molecule has 9 nitrogen and oxygen atoms in total. The highest BCUT2D eigenvalue weighted by Crippen LogP contribution is 2.40. The van der Waals surface area contributed by atoms with Crippen molar-refractivity contribution >= 4 is 38.0 Å². The predicted octanol–water partition coefficient (Wildman–Crippen LogP) is 2.87. The molecule has 1 aliphatic rings. The Kier molecular flexibility index (Phi) is 6.62. The van der Waals surface area contributed by atoms with Crippen LogP contribution in [0.3, 0.4) is 0 Å². The smallest absolute Gasteiger partial charge is 0.251 e. The first kappa shape index (κ1) is 25.1. The first-order valence-corrected chi connectivity index (χ1v) is 13.0. The Morgan fingerprint density at radius 2 is 1.94 bits per heavy atom. The molecule has 0 aliphatic carbocycles. The molecule has 0 radical (unpaired) electrons. The number of benzene rings is 1. The number of halogens is 2. The van der Waals surface area contributed by atoms with Gasteiger partial charge in [-0.15, -0.1) is 11.3 Å². The van der Waals surface area contributed by atoms with Gasteiger partial charge in [0.1, 0.15) is 22.2 Å². The fourth-order valence-corrected chi connectivity index (χ4v) is 5.35. The van der Waals surface area contributed by atoms with Gasteiger partial charge >= 0.3 is 0 Å². The van der Waals surface area contributed by atoms with E-state index in [-0.39, 0.29) is 51.6 Å². The molecule has 13 heteroatoms. The topological polar surface area (TPSA) is 144 Å². The Balaban J connectivity index is 1.67. The van der Waals surface area contributed by atoms with E-state index >= 15 is 0 Å². The van der Waals surface area contributed by atoms with Crippen LogP contribution in [0.4, 0.5) is 19.7 Å². The number of ether oxygens (including phenoxy) is 1. The van der Waals surface area contributed by atoms with Crippen molar-refractivity contribution in [3.8, 4) is 10.4 Å².